The largest absolute Gasteiger partial charge is 0.193 e. The Morgan fingerprint density at radius 2 is 2.22 bits per heavy atom. The Morgan fingerprint density at radius 1 is 1.56 bits per heavy atom. The molecule has 0 radical (unpaired) electrons. The van der Waals surface area contributed by atoms with Gasteiger partial charge < -0.3 is 0 Å². The van der Waals surface area contributed by atoms with E-state index in [4.69, 9.17) is 16.2 Å². The second-order valence-corrected chi connectivity index (χ2v) is 1.50. The zero-order valence-electron chi connectivity index (χ0n) is 12.7. The van der Waals surface area contributed by atoms with Crippen LogP contribution in [0.2, 0.25) is 0 Å². The normalized spacial score (nSPS) is 56.3. The van der Waals surface area contributed by atoms with Gasteiger partial charge in [0.15, 0.2) is 0 Å². The Morgan fingerprint density at radius 3 is 2.78 bits per heavy atom. The summed E-state index contributed by atoms with van der Waals surface area (Å²) in [6.45, 7) is 0. The zero-order valence-corrected chi connectivity index (χ0v) is 4.68. The van der Waals surface area contributed by atoms with E-state index in [1.165, 1.54) is 0 Å². The second kappa shape index (κ2) is 3.29. The molecule has 0 atom stereocenters. The van der Waals surface area contributed by atoms with Gasteiger partial charge in [0.2, 0.25) is 0 Å². The monoisotopic (exact) mass is 129 g/mol. The van der Waals surface area contributed by atoms with Gasteiger partial charge in [0, 0.05) is 17.0 Å². The maximum absolute atomic E-state index is 8.36. The summed E-state index contributed by atoms with van der Waals surface area (Å²) in [5.74, 6) is -1.65. The summed E-state index contributed by atoms with van der Waals surface area (Å²) in [7, 11) is 0. The van der Waals surface area contributed by atoms with Gasteiger partial charge >= 0.3 is 0 Å². The average Bonchev–Trinajstić information content (AvgIpc) is 2.21. The smallest absolute Gasteiger partial charge is 0.0908 e. The van der Waals surface area contributed by atoms with E-state index in [-0.39, 0.29) is 0 Å². The summed E-state index contributed by atoms with van der Waals surface area (Å²) in [4.78, 5) is 0. The van der Waals surface area contributed by atoms with Crippen LogP contribution in [0.3, 0.4) is 0 Å². The minimum absolute atomic E-state index is 0.845. The lowest BCUT2D eigenvalue weighted by Gasteiger charge is -1.95. The molecule has 48 valence electrons. The Labute approximate surface area is 67.2 Å². The summed E-state index contributed by atoms with van der Waals surface area (Å²) < 4.78 is 60.2. The van der Waals surface area contributed by atoms with Crippen LogP contribution in [-0.2, 0) is 0 Å². The molecule has 1 saturated carbocycles. The molecule has 1 aliphatic carbocycles. The van der Waals surface area contributed by atoms with Crippen molar-refractivity contribution in [3.8, 4) is 6.07 Å². The third-order valence-corrected chi connectivity index (χ3v) is 0.881. The number of nitrogens with zero attached hydrogens (tertiary/aromatic N) is 1. The van der Waals surface area contributed by atoms with Gasteiger partial charge in [-0.3, -0.25) is 0 Å². The van der Waals surface area contributed by atoms with Crippen LogP contribution in [0.5, 0.6) is 0 Å². The van der Waals surface area contributed by atoms with Crippen LogP contribution >= 0.6 is 0 Å². The molecule has 0 aromatic carbocycles. The molecule has 1 heteroatoms. The van der Waals surface area contributed by atoms with Crippen molar-refractivity contribution in [2.75, 3.05) is 0 Å². The van der Waals surface area contributed by atoms with Crippen LogP contribution in [0, 0.1) is 17.2 Å². The fourth-order valence-electron chi connectivity index (χ4n) is 0.499. The number of hydrogen-bond acceptors (Lipinski definition) is 1. The topological polar surface area (TPSA) is 23.8 Å². The van der Waals surface area contributed by atoms with Crippen LogP contribution in [-0.4, -0.2) is 0 Å². The van der Waals surface area contributed by atoms with E-state index in [1.54, 1.807) is 6.07 Å². The minimum Gasteiger partial charge on any atom is -0.193 e. The molecule has 9 heavy (non-hydrogen) atoms. The first kappa shape index (κ1) is 1.63. The van der Waals surface area contributed by atoms with Gasteiger partial charge in [0.25, 0.3) is 0 Å². The van der Waals surface area contributed by atoms with Crippen molar-refractivity contribution in [3.05, 3.63) is 12.2 Å². The zero-order chi connectivity index (χ0) is 13.7. The summed E-state index contributed by atoms with van der Waals surface area (Å²) >= 11 is 0. The Balaban J connectivity index is 3.43. The fraction of sp³-hybridized carbons (Fsp3) is 0.625. The van der Waals surface area contributed by atoms with E-state index in [9.17, 15) is 0 Å². The molecule has 0 aromatic heterocycles. The number of rotatable bonds is 1. The summed E-state index contributed by atoms with van der Waals surface area (Å²) in [6.07, 6.45) is -9.68. The van der Waals surface area contributed by atoms with Gasteiger partial charge in [-0.1, -0.05) is 18.8 Å². The minimum atomic E-state index is -2.98. The quantitative estimate of drug-likeness (QED) is 0.498. The number of hydrogen-bond donors (Lipinski definition) is 0. The highest BCUT2D eigenvalue weighted by Crippen LogP contribution is 2.25. The van der Waals surface area contributed by atoms with Crippen molar-refractivity contribution in [1.82, 2.24) is 0 Å². The van der Waals surface area contributed by atoms with Crippen molar-refractivity contribution in [2.24, 2.45) is 5.92 Å². The highest BCUT2D eigenvalue weighted by molar-refractivity contribution is 5.04. The number of nitriles is 1. The molecule has 0 unspecified atom stereocenters. The molecule has 0 N–H and O–H groups in total. The molecule has 0 aromatic rings. The molecule has 1 nitrogen and oxygen atoms in total. The summed E-state index contributed by atoms with van der Waals surface area (Å²) in [5, 5.41) is 8.36. The summed E-state index contributed by atoms with van der Waals surface area (Å²) in [5.41, 5.74) is 0. The first-order chi connectivity index (χ1) is 7.44. The Hall–Kier alpha value is -0.770. The van der Waals surface area contributed by atoms with E-state index in [0.717, 1.165) is 12.2 Å². The van der Waals surface area contributed by atoms with Crippen LogP contribution in [0.15, 0.2) is 12.2 Å². The first-order valence-electron chi connectivity index (χ1n) is 6.51. The summed E-state index contributed by atoms with van der Waals surface area (Å²) in [6, 6.07) is 1.57. The van der Waals surface area contributed by atoms with Gasteiger partial charge in [0.05, 0.1) is 6.07 Å². The van der Waals surface area contributed by atoms with Crippen LogP contribution in [0.1, 0.15) is 36.5 Å². The lowest BCUT2D eigenvalue weighted by molar-refractivity contribution is 0.686. The maximum atomic E-state index is 8.36. The highest BCUT2D eigenvalue weighted by atomic mass is 14.2. The maximum Gasteiger partial charge on any atom is 0.0908 e. The second-order valence-electron chi connectivity index (χ2n) is 1.50. The van der Waals surface area contributed by atoms with Crippen molar-refractivity contribution in [1.29, 1.82) is 5.26 Å². The van der Waals surface area contributed by atoms with E-state index in [1.807, 2.05) is 0 Å². The third-order valence-electron chi connectivity index (χ3n) is 0.881. The van der Waals surface area contributed by atoms with E-state index in [2.05, 4.69) is 0 Å². The fourth-order valence-corrected chi connectivity index (χ4v) is 0.499. The van der Waals surface area contributed by atoms with Crippen molar-refractivity contribution in [2.45, 2.75) is 25.5 Å². The standard InChI is InChI=1S/C8H11N/c9-7-3-6-8-4-1-2-5-8/h3,6,8H,1-2,4-5H2/b6-3+/i1D2,2D2,4D2,5D2. The third kappa shape index (κ3) is 1.89. The van der Waals surface area contributed by atoms with Crippen molar-refractivity contribution in [3.63, 3.8) is 0 Å². The predicted octanol–water partition coefficient (Wildman–Crippen LogP) is 2.26. The van der Waals surface area contributed by atoms with Crippen LogP contribution in [0.4, 0.5) is 0 Å². The highest BCUT2D eigenvalue weighted by Gasteiger charge is 2.10. The molecule has 0 amide bonds. The van der Waals surface area contributed by atoms with Crippen molar-refractivity contribution < 1.29 is 11.0 Å². The molecule has 0 heterocycles. The SMILES string of the molecule is [2H]C1([2H])C(/C=C/C#N)C([2H])([2H])C([2H])([2H])C1([2H])[2H]. The predicted molar refractivity (Wildman–Crippen MR) is 36.7 cm³/mol. The van der Waals surface area contributed by atoms with Gasteiger partial charge in [-0.15, -0.1) is 0 Å². The molecule has 0 bridgehead atoms. The molecule has 0 saturated heterocycles. The van der Waals surface area contributed by atoms with Gasteiger partial charge in [-0.25, -0.2) is 0 Å². The lowest BCUT2D eigenvalue weighted by Crippen LogP contribution is -1.83. The number of allylic oxidation sites excluding steroid dienone is 2. The molecule has 1 fully saturated rings. The van der Waals surface area contributed by atoms with E-state index in [0.29, 0.717) is 0 Å². The van der Waals surface area contributed by atoms with Crippen molar-refractivity contribution >= 4 is 0 Å². The van der Waals surface area contributed by atoms with Gasteiger partial charge in [0.1, 0.15) is 0 Å². The van der Waals surface area contributed by atoms with Gasteiger partial charge in [-0.2, -0.15) is 5.26 Å². The lowest BCUT2D eigenvalue weighted by atomic mass is 10.1. The molecule has 0 aliphatic heterocycles. The average molecular weight is 129 g/mol. The molecular weight excluding hydrogens is 110 g/mol. The van der Waals surface area contributed by atoms with E-state index < -0.39 is 31.4 Å². The molecular formula is C8H11N. The van der Waals surface area contributed by atoms with E-state index >= 15 is 0 Å². The molecule has 1 aliphatic rings. The van der Waals surface area contributed by atoms with Crippen LogP contribution in [0.25, 0.3) is 0 Å². The molecule has 0 spiro atoms. The van der Waals surface area contributed by atoms with Crippen LogP contribution < -0.4 is 0 Å². The Kier molecular flexibility index (Phi) is 0.598. The molecule has 1 rings (SSSR count). The Bertz CT molecular complexity index is 365. The first-order valence-corrected chi connectivity index (χ1v) is 2.51. The van der Waals surface area contributed by atoms with Gasteiger partial charge in [-0.05, 0) is 18.7 Å².